The fourth-order valence-electron chi connectivity index (χ4n) is 1.14. The number of ether oxygens (including phenoxy) is 1. The molecule has 1 aromatic carbocycles. The minimum atomic E-state index is -0.00787. The number of phenolic OH excluding ortho intramolecular Hbond substituents is 1. The Labute approximate surface area is 90.1 Å². The number of aromatic hydroxyl groups is 1. The summed E-state index contributed by atoms with van der Waals surface area (Å²) in [7, 11) is 1.56. The second-order valence-electron chi connectivity index (χ2n) is 3.26. The maximum absolute atomic E-state index is 9.64. The SMILES string of the molecule is C#CC(C)NCc1ccc(OC)cc1O. The van der Waals surface area contributed by atoms with Crippen LogP contribution < -0.4 is 10.1 Å². The fourth-order valence-corrected chi connectivity index (χ4v) is 1.14. The third-order valence-corrected chi connectivity index (χ3v) is 2.14. The van der Waals surface area contributed by atoms with Crippen molar-refractivity contribution in [3.8, 4) is 23.8 Å². The molecular formula is C12H15NO2. The molecule has 3 heteroatoms. The average molecular weight is 205 g/mol. The van der Waals surface area contributed by atoms with Crippen LogP contribution in [0.3, 0.4) is 0 Å². The van der Waals surface area contributed by atoms with Crippen LogP contribution in [0.1, 0.15) is 12.5 Å². The molecule has 2 N–H and O–H groups in total. The summed E-state index contributed by atoms with van der Waals surface area (Å²) in [5.74, 6) is 3.41. The van der Waals surface area contributed by atoms with E-state index < -0.39 is 0 Å². The monoisotopic (exact) mass is 205 g/mol. The lowest BCUT2D eigenvalue weighted by molar-refractivity contribution is 0.405. The van der Waals surface area contributed by atoms with Crippen molar-refractivity contribution in [1.29, 1.82) is 0 Å². The largest absolute Gasteiger partial charge is 0.507 e. The number of terminal acetylenes is 1. The molecular weight excluding hydrogens is 190 g/mol. The van der Waals surface area contributed by atoms with Crippen LogP contribution in [0.25, 0.3) is 0 Å². The number of phenols is 1. The minimum absolute atomic E-state index is 0.00787. The van der Waals surface area contributed by atoms with Crippen molar-refractivity contribution in [2.75, 3.05) is 7.11 Å². The van der Waals surface area contributed by atoms with Crippen molar-refractivity contribution in [2.45, 2.75) is 19.5 Å². The first-order chi connectivity index (χ1) is 7.17. The summed E-state index contributed by atoms with van der Waals surface area (Å²) in [5, 5.41) is 12.7. The van der Waals surface area contributed by atoms with Gasteiger partial charge in [0.05, 0.1) is 13.2 Å². The van der Waals surface area contributed by atoms with E-state index in [-0.39, 0.29) is 11.8 Å². The molecule has 0 spiro atoms. The topological polar surface area (TPSA) is 41.5 Å². The highest BCUT2D eigenvalue weighted by Gasteiger charge is 2.03. The Morgan fingerprint density at radius 1 is 1.60 bits per heavy atom. The van der Waals surface area contributed by atoms with E-state index in [1.807, 2.05) is 13.0 Å². The molecule has 0 amide bonds. The lowest BCUT2D eigenvalue weighted by Crippen LogP contribution is -2.23. The molecule has 0 fully saturated rings. The number of hydrogen-bond donors (Lipinski definition) is 2. The predicted molar refractivity (Wildman–Crippen MR) is 59.8 cm³/mol. The van der Waals surface area contributed by atoms with Gasteiger partial charge in [-0.2, -0.15) is 0 Å². The first-order valence-corrected chi connectivity index (χ1v) is 4.72. The van der Waals surface area contributed by atoms with Gasteiger partial charge in [0.15, 0.2) is 0 Å². The van der Waals surface area contributed by atoms with Crippen LogP contribution in [-0.4, -0.2) is 18.3 Å². The van der Waals surface area contributed by atoms with Crippen molar-refractivity contribution in [3.05, 3.63) is 23.8 Å². The molecule has 0 radical (unpaired) electrons. The zero-order chi connectivity index (χ0) is 11.3. The molecule has 3 nitrogen and oxygen atoms in total. The van der Waals surface area contributed by atoms with E-state index in [9.17, 15) is 5.11 Å². The van der Waals surface area contributed by atoms with Gasteiger partial charge in [0.2, 0.25) is 0 Å². The maximum atomic E-state index is 9.64. The molecule has 0 aliphatic rings. The summed E-state index contributed by atoms with van der Waals surface area (Å²) in [6.45, 7) is 2.43. The maximum Gasteiger partial charge on any atom is 0.123 e. The molecule has 1 rings (SSSR count). The summed E-state index contributed by atoms with van der Waals surface area (Å²) in [4.78, 5) is 0. The van der Waals surface area contributed by atoms with Crippen molar-refractivity contribution in [1.82, 2.24) is 5.32 Å². The zero-order valence-corrected chi connectivity index (χ0v) is 8.95. The van der Waals surface area contributed by atoms with Crippen LogP contribution >= 0.6 is 0 Å². The highest BCUT2D eigenvalue weighted by molar-refractivity contribution is 5.39. The highest BCUT2D eigenvalue weighted by atomic mass is 16.5. The van der Waals surface area contributed by atoms with E-state index >= 15 is 0 Å². The normalized spacial score (nSPS) is 11.8. The third kappa shape index (κ3) is 3.19. The smallest absolute Gasteiger partial charge is 0.123 e. The van der Waals surface area contributed by atoms with Gasteiger partial charge in [-0.15, -0.1) is 6.42 Å². The molecule has 0 aliphatic heterocycles. The van der Waals surface area contributed by atoms with Crippen LogP contribution in [0.5, 0.6) is 11.5 Å². The quantitative estimate of drug-likeness (QED) is 0.732. The Morgan fingerprint density at radius 2 is 2.33 bits per heavy atom. The van der Waals surface area contributed by atoms with Gasteiger partial charge in [-0.25, -0.2) is 0 Å². The van der Waals surface area contributed by atoms with Crippen LogP contribution in [0.2, 0.25) is 0 Å². The zero-order valence-electron chi connectivity index (χ0n) is 8.95. The average Bonchev–Trinajstić information content (AvgIpc) is 2.26. The summed E-state index contributed by atoms with van der Waals surface area (Å²) >= 11 is 0. The second-order valence-corrected chi connectivity index (χ2v) is 3.26. The molecule has 0 saturated heterocycles. The fraction of sp³-hybridized carbons (Fsp3) is 0.333. The van der Waals surface area contributed by atoms with Crippen LogP contribution in [-0.2, 0) is 6.54 Å². The number of hydrogen-bond acceptors (Lipinski definition) is 3. The van der Waals surface area contributed by atoms with Crippen molar-refractivity contribution >= 4 is 0 Å². The Morgan fingerprint density at radius 3 is 2.87 bits per heavy atom. The summed E-state index contributed by atoms with van der Waals surface area (Å²) in [5.41, 5.74) is 0.804. The van der Waals surface area contributed by atoms with Crippen molar-refractivity contribution < 1.29 is 9.84 Å². The van der Waals surface area contributed by atoms with Crippen LogP contribution in [0, 0.1) is 12.3 Å². The second kappa shape index (κ2) is 5.28. The van der Waals surface area contributed by atoms with Crippen molar-refractivity contribution in [2.24, 2.45) is 0 Å². The Kier molecular flexibility index (Phi) is 4.02. The van der Waals surface area contributed by atoms with E-state index in [4.69, 9.17) is 11.2 Å². The van der Waals surface area contributed by atoms with Crippen LogP contribution in [0.15, 0.2) is 18.2 Å². The Hall–Kier alpha value is -1.66. The van der Waals surface area contributed by atoms with Gasteiger partial charge < -0.3 is 9.84 Å². The van der Waals surface area contributed by atoms with E-state index in [1.165, 1.54) is 0 Å². The van der Waals surface area contributed by atoms with E-state index in [1.54, 1.807) is 19.2 Å². The number of methoxy groups -OCH3 is 1. The standard InChI is InChI=1S/C12H15NO2/c1-4-9(2)13-8-10-5-6-11(15-3)7-12(10)14/h1,5-7,9,13-14H,8H2,2-3H3. The summed E-state index contributed by atoms with van der Waals surface area (Å²) in [6.07, 6.45) is 5.22. The number of nitrogens with one attached hydrogen (secondary N) is 1. The molecule has 0 heterocycles. The molecule has 1 atom stereocenters. The van der Waals surface area contributed by atoms with Gasteiger partial charge in [-0.3, -0.25) is 5.32 Å². The van der Waals surface area contributed by atoms with E-state index in [0.717, 1.165) is 5.56 Å². The van der Waals surface area contributed by atoms with Gasteiger partial charge in [-0.05, 0) is 13.0 Å². The molecule has 1 unspecified atom stereocenters. The van der Waals surface area contributed by atoms with Crippen LogP contribution in [0.4, 0.5) is 0 Å². The first kappa shape index (κ1) is 11.4. The molecule has 0 aromatic heterocycles. The highest BCUT2D eigenvalue weighted by Crippen LogP contribution is 2.23. The lowest BCUT2D eigenvalue weighted by Gasteiger charge is -2.09. The molecule has 80 valence electrons. The summed E-state index contributed by atoms with van der Waals surface area (Å²) in [6, 6.07) is 5.19. The van der Waals surface area contributed by atoms with Gasteiger partial charge in [-0.1, -0.05) is 12.0 Å². The predicted octanol–water partition coefficient (Wildman–Crippen LogP) is 1.51. The summed E-state index contributed by atoms with van der Waals surface area (Å²) < 4.78 is 4.98. The van der Waals surface area contributed by atoms with E-state index in [0.29, 0.717) is 12.3 Å². The first-order valence-electron chi connectivity index (χ1n) is 4.72. The Balaban J connectivity index is 2.67. The lowest BCUT2D eigenvalue weighted by atomic mass is 10.2. The number of rotatable bonds is 4. The van der Waals surface area contributed by atoms with Crippen molar-refractivity contribution in [3.63, 3.8) is 0 Å². The Bertz CT molecular complexity index is 368. The van der Waals surface area contributed by atoms with Gasteiger partial charge in [0.1, 0.15) is 11.5 Å². The molecule has 15 heavy (non-hydrogen) atoms. The van der Waals surface area contributed by atoms with E-state index in [2.05, 4.69) is 11.2 Å². The minimum Gasteiger partial charge on any atom is -0.507 e. The molecule has 0 saturated carbocycles. The molecule has 0 aliphatic carbocycles. The third-order valence-electron chi connectivity index (χ3n) is 2.14. The number of benzene rings is 1. The van der Waals surface area contributed by atoms with Gasteiger partial charge in [0.25, 0.3) is 0 Å². The molecule has 0 bridgehead atoms. The van der Waals surface area contributed by atoms with Gasteiger partial charge in [0, 0.05) is 18.2 Å². The molecule has 1 aromatic rings. The van der Waals surface area contributed by atoms with Gasteiger partial charge >= 0.3 is 0 Å².